The van der Waals surface area contributed by atoms with Crippen LogP contribution in [0, 0.1) is 0 Å². The number of alkyl halides is 1. The van der Waals surface area contributed by atoms with Gasteiger partial charge < -0.3 is 0 Å². The summed E-state index contributed by atoms with van der Waals surface area (Å²) in [6.07, 6.45) is 0. The molecule has 1 unspecified atom stereocenters. The molecule has 0 bridgehead atoms. The lowest BCUT2D eigenvalue weighted by atomic mass is 10.1. The molecule has 0 aliphatic rings. The van der Waals surface area contributed by atoms with Gasteiger partial charge >= 0.3 is 0 Å². The Morgan fingerprint density at radius 1 is 1.06 bits per heavy atom. The van der Waals surface area contributed by atoms with Crippen LogP contribution in [-0.4, -0.2) is 0 Å². The number of hydrogen-bond acceptors (Lipinski definition) is 1. The third-order valence-electron chi connectivity index (χ3n) is 2.10. The van der Waals surface area contributed by atoms with Crippen LogP contribution in [0.3, 0.4) is 0 Å². The van der Waals surface area contributed by atoms with Crippen LogP contribution < -0.4 is 0 Å². The van der Waals surface area contributed by atoms with E-state index in [0.717, 1.165) is 9.35 Å². The molecule has 0 radical (unpaired) electrons. The van der Waals surface area contributed by atoms with E-state index in [1.165, 1.54) is 4.88 Å². The smallest absolute Gasteiger partial charge is 0.0767 e. The van der Waals surface area contributed by atoms with E-state index in [-0.39, 0.29) is 4.83 Å². The molecule has 2 aromatic rings. The van der Waals surface area contributed by atoms with Gasteiger partial charge in [-0.25, -0.2) is 0 Å². The summed E-state index contributed by atoms with van der Waals surface area (Å²) < 4.78 is 1.09. The van der Waals surface area contributed by atoms with Crippen molar-refractivity contribution in [3.63, 3.8) is 0 Å². The standard InChI is InChI=1S/C11H6Br2Cl2S/c12-9-5-4-8(16-9)11(13)10-6(14)2-1-3-7(10)15/h1-5,11H. The average molecular weight is 401 g/mol. The van der Waals surface area contributed by atoms with Gasteiger partial charge in [-0.15, -0.1) is 11.3 Å². The van der Waals surface area contributed by atoms with Crippen LogP contribution in [0.4, 0.5) is 0 Å². The minimum absolute atomic E-state index is 0.0324. The third kappa shape index (κ3) is 2.65. The van der Waals surface area contributed by atoms with Crippen molar-refractivity contribution < 1.29 is 0 Å². The predicted molar refractivity (Wildman–Crippen MR) is 79.3 cm³/mol. The molecule has 0 spiro atoms. The Balaban J connectivity index is 2.45. The van der Waals surface area contributed by atoms with Crippen LogP contribution in [-0.2, 0) is 0 Å². The van der Waals surface area contributed by atoms with Gasteiger partial charge in [0.1, 0.15) is 0 Å². The Bertz CT molecular complexity index is 490. The molecule has 0 aliphatic carbocycles. The van der Waals surface area contributed by atoms with E-state index >= 15 is 0 Å². The second-order valence-electron chi connectivity index (χ2n) is 3.14. The van der Waals surface area contributed by atoms with Gasteiger partial charge in [-0.1, -0.05) is 45.2 Å². The fourth-order valence-electron chi connectivity index (χ4n) is 1.36. The lowest BCUT2D eigenvalue weighted by Gasteiger charge is -2.12. The molecule has 1 aromatic carbocycles. The molecule has 16 heavy (non-hydrogen) atoms. The molecular formula is C11H6Br2Cl2S. The Hall–Kier alpha value is 0.460. The van der Waals surface area contributed by atoms with Gasteiger partial charge in [0.05, 0.1) is 8.61 Å². The normalized spacial score (nSPS) is 12.8. The molecule has 0 N–H and O–H groups in total. The molecule has 0 saturated carbocycles. The Morgan fingerprint density at radius 3 is 2.19 bits per heavy atom. The monoisotopic (exact) mass is 398 g/mol. The first-order valence-electron chi connectivity index (χ1n) is 4.43. The van der Waals surface area contributed by atoms with E-state index in [4.69, 9.17) is 23.2 Å². The summed E-state index contributed by atoms with van der Waals surface area (Å²) in [5.41, 5.74) is 0.917. The number of benzene rings is 1. The fourth-order valence-corrected chi connectivity index (χ4v) is 4.58. The molecule has 5 heteroatoms. The van der Waals surface area contributed by atoms with Crippen LogP contribution in [0.15, 0.2) is 34.1 Å². The van der Waals surface area contributed by atoms with Crippen molar-refractivity contribution in [3.05, 3.63) is 54.6 Å². The van der Waals surface area contributed by atoms with Gasteiger partial charge in [0.15, 0.2) is 0 Å². The summed E-state index contributed by atoms with van der Waals surface area (Å²) >= 11 is 21.1. The van der Waals surface area contributed by atoms with E-state index in [9.17, 15) is 0 Å². The molecule has 1 aromatic heterocycles. The predicted octanol–water partition coefficient (Wildman–Crippen LogP) is 6.30. The average Bonchev–Trinajstić information content (AvgIpc) is 2.64. The molecule has 1 heterocycles. The maximum Gasteiger partial charge on any atom is 0.0767 e. The van der Waals surface area contributed by atoms with E-state index in [1.54, 1.807) is 11.3 Å². The summed E-state index contributed by atoms with van der Waals surface area (Å²) in [6, 6.07) is 9.60. The first-order valence-corrected chi connectivity index (χ1v) is 7.71. The Morgan fingerprint density at radius 2 is 1.69 bits per heavy atom. The summed E-state index contributed by atoms with van der Waals surface area (Å²) in [4.78, 5) is 1.20. The van der Waals surface area contributed by atoms with Crippen molar-refractivity contribution in [2.24, 2.45) is 0 Å². The second-order valence-corrected chi connectivity index (χ2v) is 7.36. The van der Waals surface area contributed by atoms with Crippen LogP contribution in [0.2, 0.25) is 10.0 Å². The van der Waals surface area contributed by atoms with E-state index in [1.807, 2.05) is 30.3 Å². The van der Waals surface area contributed by atoms with Gasteiger partial charge in [-0.05, 0) is 40.2 Å². The van der Waals surface area contributed by atoms with Gasteiger partial charge in [0.25, 0.3) is 0 Å². The summed E-state index contributed by atoms with van der Waals surface area (Å²) in [7, 11) is 0. The highest BCUT2D eigenvalue weighted by molar-refractivity contribution is 9.11. The molecule has 0 nitrogen and oxygen atoms in total. The van der Waals surface area contributed by atoms with Crippen LogP contribution in [0.5, 0.6) is 0 Å². The van der Waals surface area contributed by atoms with Gasteiger partial charge in [0, 0.05) is 20.5 Å². The first-order chi connectivity index (χ1) is 7.59. The molecule has 0 saturated heterocycles. The lowest BCUT2D eigenvalue weighted by Crippen LogP contribution is -1.92. The van der Waals surface area contributed by atoms with Crippen molar-refractivity contribution >= 4 is 66.4 Å². The van der Waals surface area contributed by atoms with Crippen LogP contribution in [0.25, 0.3) is 0 Å². The van der Waals surface area contributed by atoms with Gasteiger partial charge in [-0.3, -0.25) is 0 Å². The zero-order chi connectivity index (χ0) is 11.7. The van der Waals surface area contributed by atoms with Crippen molar-refractivity contribution in [2.45, 2.75) is 4.83 Å². The SMILES string of the molecule is Clc1cccc(Cl)c1C(Br)c1ccc(Br)s1. The van der Waals surface area contributed by atoms with Gasteiger partial charge in [0.2, 0.25) is 0 Å². The lowest BCUT2D eigenvalue weighted by molar-refractivity contribution is 1.23. The summed E-state index contributed by atoms with van der Waals surface area (Å²) in [5.74, 6) is 0. The summed E-state index contributed by atoms with van der Waals surface area (Å²) in [5, 5.41) is 1.36. The van der Waals surface area contributed by atoms with Crippen LogP contribution >= 0.6 is 66.4 Å². The Labute approximate surface area is 125 Å². The minimum Gasteiger partial charge on any atom is -0.132 e. The minimum atomic E-state index is 0.0324. The van der Waals surface area contributed by atoms with Crippen molar-refractivity contribution in [2.75, 3.05) is 0 Å². The molecular weight excluding hydrogens is 395 g/mol. The van der Waals surface area contributed by atoms with Crippen LogP contribution in [0.1, 0.15) is 15.3 Å². The second kappa shape index (κ2) is 5.40. The topological polar surface area (TPSA) is 0 Å². The summed E-state index contributed by atoms with van der Waals surface area (Å²) in [6.45, 7) is 0. The van der Waals surface area contributed by atoms with Crippen molar-refractivity contribution in [3.8, 4) is 0 Å². The van der Waals surface area contributed by atoms with E-state index < -0.39 is 0 Å². The molecule has 0 amide bonds. The number of halogens is 4. The highest BCUT2D eigenvalue weighted by Gasteiger charge is 2.18. The number of thiophene rings is 1. The van der Waals surface area contributed by atoms with Crippen molar-refractivity contribution in [1.29, 1.82) is 0 Å². The fraction of sp³-hybridized carbons (Fsp3) is 0.0909. The molecule has 2 rings (SSSR count). The molecule has 84 valence electrons. The molecule has 0 fully saturated rings. The quantitative estimate of drug-likeness (QED) is 0.519. The number of rotatable bonds is 2. The zero-order valence-electron chi connectivity index (χ0n) is 7.88. The molecule has 1 atom stereocenters. The Kier molecular flexibility index (Phi) is 4.36. The van der Waals surface area contributed by atoms with E-state index in [0.29, 0.717) is 10.0 Å². The number of hydrogen-bond donors (Lipinski definition) is 0. The first kappa shape index (κ1) is 12.9. The third-order valence-corrected chi connectivity index (χ3v) is 5.70. The van der Waals surface area contributed by atoms with E-state index in [2.05, 4.69) is 31.9 Å². The maximum absolute atomic E-state index is 6.16. The highest BCUT2D eigenvalue weighted by Crippen LogP contribution is 2.42. The maximum atomic E-state index is 6.16. The molecule has 0 aliphatic heterocycles. The largest absolute Gasteiger partial charge is 0.132 e. The van der Waals surface area contributed by atoms with Crippen molar-refractivity contribution in [1.82, 2.24) is 0 Å². The van der Waals surface area contributed by atoms with Gasteiger partial charge in [-0.2, -0.15) is 0 Å². The highest BCUT2D eigenvalue weighted by atomic mass is 79.9. The zero-order valence-corrected chi connectivity index (χ0v) is 13.4.